The number of halogens is 1. The van der Waals surface area contributed by atoms with Gasteiger partial charge in [0.05, 0.1) is 27.8 Å². The largest absolute Gasteiger partial charge is 0.507 e. The third kappa shape index (κ3) is 4.50. The first kappa shape index (κ1) is 22.3. The normalized spacial score (nSPS) is 11.8. The Morgan fingerprint density at radius 1 is 1.00 bits per heavy atom. The lowest BCUT2D eigenvalue weighted by Crippen LogP contribution is -2.10. The Bertz CT molecular complexity index is 1620. The maximum atomic E-state index is 13.1. The number of nitrogens with one attached hydrogen (secondary N) is 1. The molecule has 0 spiro atoms. The van der Waals surface area contributed by atoms with Gasteiger partial charge in [-0.1, -0.05) is 58.4 Å². The van der Waals surface area contributed by atoms with E-state index in [9.17, 15) is 15.2 Å². The Hall–Kier alpha value is -4.48. The molecule has 7 nitrogen and oxygen atoms in total. The molecule has 0 aliphatic rings. The van der Waals surface area contributed by atoms with Gasteiger partial charge in [-0.05, 0) is 36.4 Å². The summed E-state index contributed by atoms with van der Waals surface area (Å²) in [5.74, 6) is -0.837. The van der Waals surface area contributed by atoms with Crippen molar-refractivity contribution in [2.75, 3.05) is 6.61 Å². The van der Waals surface area contributed by atoms with Crippen LogP contribution in [0.3, 0.4) is 0 Å². The maximum absolute atomic E-state index is 13.1. The molecule has 5 rings (SSSR count). The van der Waals surface area contributed by atoms with Crippen molar-refractivity contribution in [1.82, 2.24) is 15.0 Å². The molecule has 3 aromatic carbocycles. The van der Waals surface area contributed by atoms with E-state index in [0.717, 1.165) is 15.6 Å². The number of hydrogen-bond acceptors (Lipinski definition) is 6. The number of ether oxygens (including phenoxy) is 1. The van der Waals surface area contributed by atoms with Crippen LogP contribution in [0, 0.1) is 11.3 Å². The zero-order valence-electron chi connectivity index (χ0n) is 18.2. The number of para-hydroxylation sites is 3. The molecule has 0 radical (unpaired) electrons. The number of imidazole rings is 1. The molecular formula is C27H17BrN4O3. The van der Waals surface area contributed by atoms with Gasteiger partial charge in [0.1, 0.15) is 18.2 Å². The van der Waals surface area contributed by atoms with E-state index >= 15 is 0 Å². The molecule has 8 heteroatoms. The zero-order valence-corrected chi connectivity index (χ0v) is 19.8. The smallest absolute Gasteiger partial charge is 0.339 e. The first-order valence-corrected chi connectivity index (χ1v) is 11.4. The van der Waals surface area contributed by atoms with Crippen molar-refractivity contribution in [1.29, 1.82) is 5.26 Å². The topological polar surface area (TPSA) is 112 Å². The molecule has 2 heterocycles. The summed E-state index contributed by atoms with van der Waals surface area (Å²) in [4.78, 5) is 25.1. The number of carbonyl (C=O) groups excluding carboxylic acids is 1. The lowest BCUT2D eigenvalue weighted by atomic mass is 10.0. The lowest BCUT2D eigenvalue weighted by Gasteiger charge is -2.10. The van der Waals surface area contributed by atoms with E-state index in [4.69, 9.17) is 4.74 Å². The SMILES string of the molecule is N#C/C(=C(/O)COC(=O)c1cc(-c2ccc(Br)cc2)nc2ccccc12)c1nc2ccccc2[nH]1. The molecule has 5 aromatic rings. The van der Waals surface area contributed by atoms with Crippen LogP contribution in [0.25, 0.3) is 38.8 Å². The second-order valence-corrected chi connectivity index (χ2v) is 8.61. The minimum atomic E-state index is -0.643. The average Bonchev–Trinajstić information content (AvgIpc) is 3.31. The third-order valence-corrected chi connectivity index (χ3v) is 5.97. The number of pyridine rings is 1. The highest BCUT2D eigenvalue weighted by Crippen LogP contribution is 2.27. The second-order valence-electron chi connectivity index (χ2n) is 7.69. The maximum Gasteiger partial charge on any atom is 0.339 e. The first-order valence-electron chi connectivity index (χ1n) is 10.6. The molecule has 0 aliphatic heterocycles. The molecule has 0 bridgehead atoms. The molecule has 0 unspecified atom stereocenters. The Balaban J connectivity index is 1.46. The lowest BCUT2D eigenvalue weighted by molar-refractivity contribution is 0.0505. The Kier molecular flexibility index (Phi) is 6.00. The van der Waals surface area contributed by atoms with Crippen molar-refractivity contribution >= 4 is 49.4 Å². The van der Waals surface area contributed by atoms with Crippen molar-refractivity contribution in [2.45, 2.75) is 0 Å². The summed E-state index contributed by atoms with van der Waals surface area (Å²) in [5.41, 5.74) is 3.69. The van der Waals surface area contributed by atoms with Crippen molar-refractivity contribution in [2.24, 2.45) is 0 Å². The van der Waals surface area contributed by atoms with Crippen LogP contribution in [0.2, 0.25) is 0 Å². The van der Waals surface area contributed by atoms with Gasteiger partial charge in [-0.15, -0.1) is 0 Å². The van der Waals surface area contributed by atoms with Gasteiger partial charge in [-0.2, -0.15) is 5.26 Å². The van der Waals surface area contributed by atoms with E-state index in [0.29, 0.717) is 27.7 Å². The van der Waals surface area contributed by atoms with Gasteiger partial charge in [0.15, 0.2) is 11.6 Å². The summed E-state index contributed by atoms with van der Waals surface area (Å²) in [6, 6.07) is 25.7. The number of nitrogens with zero attached hydrogens (tertiary/aromatic N) is 3. The van der Waals surface area contributed by atoms with Gasteiger partial charge in [-0.3, -0.25) is 0 Å². The van der Waals surface area contributed by atoms with Crippen LogP contribution in [-0.2, 0) is 4.74 Å². The van der Waals surface area contributed by atoms with Crippen LogP contribution in [-0.4, -0.2) is 32.6 Å². The van der Waals surface area contributed by atoms with E-state index in [2.05, 4.69) is 30.9 Å². The van der Waals surface area contributed by atoms with E-state index < -0.39 is 18.3 Å². The van der Waals surface area contributed by atoms with E-state index in [1.807, 2.05) is 66.7 Å². The zero-order chi connectivity index (χ0) is 24.4. The minimum absolute atomic E-state index is 0.0934. The quantitative estimate of drug-likeness (QED) is 0.161. The highest BCUT2D eigenvalue weighted by atomic mass is 79.9. The number of aromatic nitrogens is 3. The van der Waals surface area contributed by atoms with Crippen LogP contribution < -0.4 is 0 Å². The summed E-state index contributed by atoms with van der Waals surface area (Å²) >= 11 is 3.42. The molecule has 0 amide bonds. The first-order chi connectivity index (χ1) is 17.0. The predicted molar refractivity (Wildman–Crippen MR) is 136 cm³/mol. The van der Waals surface area contributed by atoms with Crippen LogP contribution in [0.4, 0.5) is 0 Å². The summed E-state index contributed by atoms with van der Waals surface area (Å²) < 4.78 is 6.34. The summed E-state index contributed by atoms with van der Waals surface area (Å²) in [6.45, 7) is -0.483. The highest BCUT2D eigenvalue weighted by Gasteiger charge is 2.18. The van der Waals surface area contributed by atoms with Crippen LogP contribution in [0.15, 0.2) is 89.1 Å². The van der Waals surface area contributed by atoms with Crippen molar-refractivity contribution in [3.05, 3.63) is 100 Å². The van der Waals surface area contributed by atoms with E-state index in [-0.39, 0.29) is 11.4 Å². The third-order valence-electron chi connectivity index (χ3n) is 5.44. The molecule has 0 aliphatic carbocycles. The van der Waals surface area contributed by atoms with Gasteiger partial charge < -0.3 is 14.8 Å². The fourth-order valence-electron chi connectivity index (χ4n) is 3.72. The molecule has 0 atom stereocenters. The minimum Gasteiger partial charge on any atom is -0.507 e. The molecule has 0 saturated heterocycles. The molecule has 0 fully saturated rings. The molecular weight excluding hydrogens is 508 g/mol. The second kappa shape index (κ2) is 9.41. The molecule has 170 valence electrons. The summed E-state index contributed by atoms with van der Waals surface area (Å²) in [6.07, 6.45) is 0. The van der Waals surface area contributed by atoms with Gasteiger partial charge >= 0.3 is 5.97 Å². The number of rotatable bonds is 5. The standard InChI is InChI=1S/C27H17BrN4O3/c28-17-11-9-16(10-12-17)24-13-19(18-5-1-2-6-21(18)30-24)27(34)35-15-25(33)20(14-29)26-31-22-7-3-4-8-23(22)32-26/h1-13,33H,15H2,(H,31,32)/b25-20-. The number of aliphatic hydroxyl groups excluding tert-OH is 1. The van der Waals surface area contributed by atoms with Crippen molar-refractivity contribution < 1.29 is 14.6 Å². The Labute approximate surface area is 208 Å². The van der Waals surface area contributed by atoms with Crippen LogP contribution in [0.1, 0.15) is 16.2 Å². The fourth-order valence-corrected chi connectivity index (χ4v) is 3.99. The van der Waals surface area contributed by atoms with Gasteiger partial charge in [0, 0.05) is 15.4 Å². The summed E-state index contributed by atoms with van der Waals surface area (Å²) in [5, 5.41) is 20.8. The van der Waals surface area contributed by atoms with E-state index in [1.54, 1.807) is 18.2 Å². The van der Waals surface area contributed by atoms with Gasteiger partial charge in [0.25, 0.3) is 0 Å². The molecule has 2 N–H and O–H groups in total. The Morgan fingerprint density at radius 2 is 1.71 bits per heavy atom. The highest BCUT2D eigenvalue weighted by molar-refractivity contribution is 9.10. The monoisotopic (exact) mass is 524 g/mol. The average molecular weight is 525 g/mol. The predicted octanol–water partition coefficient (Wildman–Crippen LogP) is 6.19. The van der Waals surface area contributed by atoms with E-state index in [1.165, 1.54) is 0 Å². The molecule has 0 saturated carbocycles. The van der Waals surface area contributed by atoms with Crippen LogP contribution in [0.5, 0.6) is 0 Å². The number of benzene rings is 3. The summed E-state index contributed by atoms with van der Waals surface area (Å²) in [7, 11) is 0. The number of aliphatic hydroxyl groups is 1. The van der Waals surface area contributed by atoms with Crippen LogP contribution >= 0.6 is 15.9 Å². The number of H-pyrrole nitrogens is 1. The number of allylic oxidation sites excluding steroid dienone is 1. The number of aromatic amines is 1. The number of hydrogen-bond donors (Lipinski definition) is 2. The van der Waals surface area contributed by atoms with Gasteiger partial charge in [0.2, 0.25) is 0 Å². The van der Waals surface area contributed by atoms with Gasteiger partial charge in [-0.25, -0.2) is 14.8 Å². The Morgan fingerprint density at radius 3 is 2.46 bits per heavy atom. The number of carbonyl (C=O) groups is 1. The molecule has 35 heavy (non-hydrogen) atoms. The number of esters is 1. The number of fused-ring (bicyclic) bond motifs is 2. The fraction of sp³-hybridized carbons (Fsp3) is 0.0370. The van der Waals surface area contributed by atoms with Crippen molar-refractivity contribution in [3.63, 3.8) is 0 Å². The van der Waals surface area contributed by atoms with Crippen molar-refractivity contribution in [3.8, 4) is 17.3 Å². The number of nitriles is 1. The molecule has 2 aromatic heterocycles.